The average Bonchev–Trinajstić information content (AvgIpc) is 3.81. The molecule has 12 nitrogen and oxygen atoms in total. The first kappa shape index (κ1) is 41.8. The van der Waals surface area contributed by atoms with Crippen molar-refractivity contribution in [2.75, 3.05) is 18.9 Å². The van der Waals surface area contributed by atoms with Crippen molar-refractivity contribution in [1.82, 2.24) is 24.6 Å². The zero-order valence-corrected chi connectivity index (χ0v) is 32.5. The average molecular weight is 776 g/mol. The van der Waals surface area contributed by atoms with Gasteiger partial charge in [0, 0.05) is 6.42 Å². The Kier molecular flexibility index (Phi) is 16.0. The van der Waals surface area contributed by atoms with Crippen LogP contribution in [0, 0.1) is 24.8 Å². The molecular formula is C41H53FN6O6P. The van der Waals surface area contributed by atoms with Gasteiger partial charge >= 0.3 is 19.8 Å². The fourth-order valence-corrected chi connectivity index (χ4v) is 8.00. The molecule has 4 aromatic rings. The number of halogens is 1. The quantitative estimate of drug-likeness (QED) is 0.0231. The highest BCUT2D eigenvalue weighted by molar-refractivity contribution is 7.52. The molecule has 14 heteroatoms. The third-order valence-corrected chi connectivity index (χ3v) is 11.1. The predicted molar refractivity (Wildman–Crippen MR) is 210 cm³/mol. The number of hydrogen-bond acceptors (Lipinski definition) is 10. The number of hydrogen-bond donors (Lipinski definition) is 2. The van der Waals surface area contributed by atoms with Crippen molar-refractivity contribution >= 4 is 30.7 Å². The molecule has 3 N–H and O–H groups in total. The smallest absolute Gasteiger partial charge is 0.459 e. The maximum atomic E-state index is 14.7. The largest absolute Gasteiger partial charge is 0.465 e. The van der Waals surface area contributed by atoms with Crippen molar-refractivity contribution < 1.29 is 32.3 Å². The highest BCUT2D eigenvalue weighted by Crippen LogP contribution is 2.48. The maximum absolute atomic E-state index is 14.7. The number of nitrogens with two attached hydrogens (primary N) is 1. The molecular weight excluding hydrogens is 722 g/mol. The van der Waals surface area contributed by atoms with E-state index in [0.717, 1.165) is 24.8 Å². The lowest BCUT2D eigenvalue weighted by Crippen LogP contribution is -2.41. The molecule has 4 atom stereocenters. The van der Waals surface area contributed by atoms with Crippen molar-refractivity contribution in [2.24, 2.45) is 0 Å². The summed E-state index contributed by atoms with van der Waals surface area (Å²) in [7, 11) is -4.35. The van der Waals surface area contributed by atoms with Gasteiger partial charge in [0.2, 0.25) is 0 Å². The number of nitrogens with zero attached hydrogens (tertiary/aromatic N) is 4. The predicted octanol–water partition coefficient (Wildman–Crippen LogP) is 8.69. The minimum atomic E-state index is -4.35. The molecule has 3 heterocycles. The Bertz CT molecular complexity index is 1880. The van der Waals surface area contributed by atoms with Gasteiger partial charge in [-0.15, -0.1) is 6.42 Å². The Labute approximate surface area is 323 Å². The number of esters is 1. The first-order valence-corrected chi connectivity index (χ1v) is 20.9. The second-order valence-corrected chi connectivity index (χ2v) is 15.5. The van der Waals surface area contributed by atoms with Gasteiger partial charge in [0.05, 0.1) is 19.5 Å². The van der Waals surface area contributed by atoms with Crippen LogP contribution in [-0.2, 0) is 29.8 Å². The van der Waals surface area contributed by atoms with Gasteiger partial charge in [0.1, 0.15) is 18.0 Å². The summed E-state index contributed by atoms with van der Waals surface area (Å²) in [5.41, 5.74) is 5.51. The van der Waals surface area contributed by atoms with Gasteiger partial charge in [-0.3, -0.25) is 13.9 Å². The minimum absolute atomic E-state index is 0.113. The van der Waals surface area contributed by atoms with Gasteiger partial charge in [0.25, 0.3) is 0 Å². The molecule has 0 amide bonds. The van der Waals surface area contributed by atoms with E-state index in [-0.39, 0.29) is 42.2 Å². The van der Waals surface area contributed by atoms with Crippen LogP contribution in [0.1, 0.15) is 102 Å². The zero-order chi connectivity index (χ0) is 38.9. The fourth-order valence-electron chi connectivity index (χ4n) is 6.48. The summed E-state index contributed by atoms with van der Waals surface area (Å²) >= 11 is 0. The van der Waals surface area contributed by atoms with Gasteiger partial charge in [0.15, 0.2) is 22.6 Å². The van der Waals surface area contributed by atoms with E-state index < -0.39 is 44.3 Å². The first-order valence-electron chi connectivity index (χ1n) is 19.4. The van der Waals surface area contributed by atoms with Crippen LogP contribution in [0.4, 0.5) is 10.2 Å². The van der Waals surface area contributed by atoms with Crippen molar-refractivity contribution in [1.29, 1.82) is 0 Å². The molecule has 2 aromatic carbocycles. The van der Waals surface area contributed by atoms with E-state index >= 15 is 0 Å². The van der Waals surface area contributed by atoms with Gasteiger partial charge in [-0.05, 0) is 37.0 Å². The highest BCUT2D eigenvalue weighted by atomic mass is 31.2. The molecule has 5 rings (SSSR count). The topological polar surface area (TPSA) is 153 Å². The van der Waals surface area contributed by atoms with Crippen LogP contribution in [0.5, 0.6) is 5.75 Å². The van der Waals surface area contributed by atoms with Gasteiger partial charge in [-0.2, -0.15) is 19.4 Å². The molecule has 1 aliphatic rings. The van der Waals surface area contributed by atoms with Crippen molar-refractivity contribution in [3.05, 3.63) is 85.1 Å². The molecule has 295 valence electrons. The highest BCUT2D eigenvalue weighted by Gasteiger charge is 2.44. The molecule has 0 unspecified atom stereocenters. The molecule has 1 aliphatic heterocycles. The van der Waals surface area contributed by atoms with Crippen LogP contribution in [0.15, 0.2) is 67.0 Å². The van der Waals surface area contributed by atoms with Gasteiger partial charge in [-0.25, -0.2) is 9.55 Å². The number of aromatic nitrogens is 4. The van der Waals surface area contributed by atoms with E-state index in [0.29, 0.717) is 0 Å². The van der Waals surface area contributed by atoms with Crippen molar-refractivity contribution in [2.45, 2.75) is 115 Å². The van der Waals surface area contributed by atoms with Crippen LogP contribution in [-0.4, -0.2) is 50.3 Å². The van der Waals surface area contributed by atoms with E-state index in [1.165, 1.54) is 68.7 Å². The van der Waals surface area contributed by atoms with Crippen LogP contribution in [0.2, 0.25) is 0 Å². The number of anilines is 1. The van der Waals surface area contributed by atoms with Gasteiger partial charge in [-0.1, -0.05) is 132 Å². The molecule has 0 aliphatic carbocycles. The number of imidazole rings is 1. The standard InChI is InChI=1S/C41H53FN6O6P/c1-3-5-6-7-8-9-10-11-12-13-14-21-28-51-39(49)34(29-32-22-17-15-18-23-32)47-55(50,54-33-24-19-16-20-25-33)52-30-41(4-2)27-26-35(53-41)48-31-44-36-37(43)45-40(42)46-38(36)48/h2,15-20,22-25,27,31,34-35H,3,5-14,21,26,28-30H2,1H3,(H,47,50)(H2,43,45,46)/t34-,35+,41-,55-/m0/s1. The number of rotatable bonds is 24. The lowest BCUT2D eigenvalue weighted by molar-refractivity contribution is -0.146. The number of carbonyl (C=O) groups excluding carboxylic acids is 1. The number of unbranched alkanes of at least 4 members (excludes halogenated alkanes) is 11. The monoisotopic (exact) mass is 775 g/mol. The lowest BCUT2D eigenvalue weighted by Gasteiger charge is -2.29. The first-order chi connectivity index (χ1) is 26.7. The summed E-state index contributed by atoms with van der Waals surface area (Å²) in [5.74, 6) is 2.15. The number of fused-ring (bicyclic) bond motifs is 1. The molecule has 1 saturated heterocycles. The molecule has 55 heavy (non-hydrogen) atoms. The van der Waals surface area contributed by atoms with E-state index in [1.807, 2.05) is 30.3 Å². The number of terminal acetylenes is 1. The Hall–Kier alpha value is -4.34. The van der Waals surface area contributed by atoms with Crippen LogP contribution < -0.4 is 15.3 Å². The van der Waals surface area contributed by atoms with E-state index in [9.17, 15) is 13.8 Å². The number of benzene rings is 2. The molecule has 1 fully saturated rings. The van der Waals surface area contributed by atoms with Crippen LogP contribution >= 0.6 is 7.75 Å². The van der Waals surface area contributed by atoms with E-state index in [2.05, 4.69) is 32.9 Å². The molecule has 0 bridgehead atoms. The van der Waals surface area contributed by atoms with Gasteiger partial charge < -0.3 is 19.7 Å². The fraction of sp³-hybridized carbons (Fsp3) is 0.488. The maximum Gasteiger partial charge on any atom is 0.459 e. The van der Waals surface area contributed by atoms with E-state index in [1.54, 1.807) is 36.8 Å². The Morgan fingerprint density at radius 2 is 1.65 bits per heavy atom. The summed E-state index contributed by atoms with van der Waals surface area (Å²) in [6, 6.07) is 16.7. The summed E-state index contributed by atoms with van der Waals surface area (Å²) in [4.78, 5) is 25.2. The van der Waals surface area contributed by atoms with Crippen molar-refractivity contribution in [3.63, 3.8) is 0 Å². The summed E-state index contributed by atoms with van der Waals surface area (Å²) in [6.07, 6.45) is 22.0. The number of carbonyl (C=O) groups is 1. The third-order valence-electron chi connectivity index (χ3n) is 9.51. The number of nitrogen functional groups attached to an aromatic ring is 1. The van der Waals surface area contributed by atoms with Crippen LogP contribution in [0.25, 0.3) is 11.2 Å². The number of para-hydroxylation sites is 1. The SMILES string of the molecule is C#C[C@@]1(CO[P@@](=O)(N[C@@H](Cc2ccccc2)C(=O)OCCCCCCCCCCCCCC)Oc2ccccc2)[CH]C[C@H](n2cnc3c(N)nc(F)nc32)O1. The minimum Gasteiger partial charge on any atom is -0.465 e. The molecule has 1 radical (unpaired) electrons. The van der Waals surface area contributed by atoms with Crippen molar-refractivity contribution in [3.8, 4) is 18.1 Å². The third kappa shape index (κ3) is 12.6. The summed E-state index contributed by atoms with van der Waals surface area (Å²) in [5, 5.41) is 2.88. The van der Waals surface area contributed by atoms with Crippen LogP contribution in [0.3, 0.4) is 0 Å². The Morgan fingerprint density at radius 3 is 2.31 bits per heavy atom. The number of ether oxygens (including phenoxy) is 2. The Balaban J connectivity index is 1.22. The molecule has 2 aromatic heterocycles. The zero-order valence-electron chi connectivity index (χ0n) is 31.6. The molecule has 0 spiro atoms. The summed E-state index contributed by atoms with van der Waals surface area (Å²) in [6.45, 7) is 2.06. The van der Waals surface area contributed by atoms with E-state index in [4.69, 9.17) is 30.7 Å². The molecule has 0 saturated carbocycles. The second kappa shape index (κ2) is 21.1. The lowest BCUT2D eigenvalue weighted by atomic mass is 10.0. The Morgan fingerprint density at radius 1 is 1.02 bits per heavy atom. The normalized spacial score (nSPS) is 18.5. The summed E-state index contributed by atoms with van der Waals surface area (Å²) < 4.78 is 54.2. The number of nitrogens with one attached hydrogen (secondary N) is 1. The second-order valence-electron chi connectivity index (χ2n) is 13.9.